The molecule has 0 aliphatic heterocycles. The minimum Gasteiger partial charge on any atom is -0.320 e. The van der Waals surface area contributed by atoms with Gasteiger partial charge in [-0.25, -0.2) is 17.1 Å². The molecule has 0 fully saturated rings. The van der Waals surface area contributed by atoms with Gasteiger partial charge in [-0.15, -0.1) is 0 Å². The maximum atomic E-state index is 13.8. The molecule has 0 spiro atoms. The third kappa shape index (κ3) is 4.04. The van der Waals surface area contributed by atoms with Gasteiger partial charge in [-0.3, -0.25) is 0 Å². The molecule has 0 amide bonds. The number of nitrogens with zero attached hydrogens (tertiary/aromatic N) is 1. The first kappa shape index (κ1) is 16.6. The van der Waals surface area contributed by atoms with Crippen LogP contribution in [0.1, 0.15) is 25.3 Å². The van der Waals surface area contributed by atoms with Crippen molar-refractivity contribution in [1.29, 1.82) is 0 Å². The van der Waals surface area contributed by atoms with Crippen molar-refractivity contribution < 1.29 is 12.8 Å². The Kier molecular flexibility index (Phi) is 6.14. The van der Waals surface area contributed by atoms with E-state index in [9.17, 15) is 12.8 Å². The molecule has 0 unspecified atom stereocenters. The average molecular weight is 298 g/mol. The van der Waals surface area contributed by atoms with Crippen LogP contribution in [0.3, 0.4) is 0 Å². The Labute approximate surface area is 119 Å². The molecule has 1 aromatic rings. The van der Waals surface area contributed by atoms with Crippen LogP contribution in [-0.2, 0) is 10.0 Å². The first-order chi connectivity index (χ1) is 9.43. The summed E-state index contributed by atoms with van der Waals surface area (Å²) in [5.41, 5.74) is 5.36. The number of benzene rings is 1. The van der Waals surface area contributed by atoms with E-state index in [2.05, 4.69) is 11.8 Å². The maximum Gasteiger partial charge on any atom is 0.242 e. The highest BCUT2D eigenvalue weighted by atomic mass is 32.2. The van der Waals surface area contributed by atoms with Crippen LogP contribution in [-0.4, -0.2) is 32.9 Å². The number of hydrogen-bond acceptors (Lipinski definition) is 3. The summed E-state index contributed by atoms with van der Waals surface area (Å²) in [6, 6.07) is 3.72. The van der Waals surface area contributed by atoms with Gasteiger partial charge in [-0.2, -0.15) is 0 Å². The molecule has 0 aliphatic rings. The minimum absolute atomic E-state index is 0.0631. The van der Waals surface area contributed by atoms with E-state index in [4.69, 9.17) is 5.73 Å². The molecule has 2 N–H and O–H groups in total. The molecule has 20 heavy (non-hydrogen) atoms. The second-order valence-electron chi connectivity index (χ2n) is 4.33. The monoisotopic (exact) mass is 298 g/mol. The number of hydrogen-bond donors (Lipinski definition) is 1. The Morgan fingerprint density at radius 3 is 2.65 bits per heavy atom. The summed E-state index contributed by atoms with van der Waals surface area (Å²) in [4.78, 5) is -0.0631. The summed E-state index contributed by atoms with van der Waals surface area (Å²) in [6.45, 7) is 2.51. The molecule has 1 rings (SSSR count). The number of nitrogens with two attached hydrogens (primary N) is 1. The second-order valence-corrected chi connectivity index (χ2v) is 6.37. The highest BCUT2D eigenvalue weighted by Gasteiger charge is 2.21. The molecule has 4 nitrogen and oxygen atoms in total. The lowest BCUT2D eigenvalue weighted by molar-refractivity contribution is 0.458. The minimum atomic E-state index is -3.65. The van der Waals surface area contributed by atoms with E-state index in [0.717, 1.165) is 18.9 Å². The van der Waals surface area contributed by atoms with Crippen LogP contribution in [0.2, 0.25) is 0 Å². The van der Waals surface area contributed by atoms with E-state index < -0.39 is 15.8 Å². The van der Waals surface area contributed by atoms with Crippen molar-refractivity contribution >= 4 is 10.0 Å². The smallest absolute Gasteiger partial charge is 0.242 e. The van der Waals surface area contributed by atoms with E-state index in [1.165, 1.54) is 23.5 Å². The fraction of sp³-hybridized carbons (Fsp3) is 0.429. The van der Waals surface area contributed by atoms with Crippen LogP contribution in [0.4, 0.5) is 4.39 Å². The largest absolute Gasteiger partial charge is 0.320 e. The molecule has 0 atom stereocenters. The predicted molar refractivity (Wildman–Crippen MR) is 77.1 cm³/mol. The topological polar surface area (TPSA) is 63.4 Å². The number of rotatable bonds is 5. The lowest BCUT2D eigenvalue weighted by atomic mass is 10.2. The summed E-state index contributed by atoms with van der Waals surface area (Å²) in [7, 11) is -2.16. The maximum absolute atomic E-state index is 13.8. The Bertz CT molecular complexity index is 618. The first-order valence-corrected chi connectivity index (χ1v) is 7.82. The summed E-state index contributed by atoms with van der Waals surface area (Å²) in [5.74, 6) is 4.43. The molecule has 0 bridgehead atoms. The molecule has 0 radical (unpaired) electrons. The lowest BCUT2D eigenvalue weighted by Gasteiger charge is -2.16. The van der Waals surface area contributed by atoms with Crippen LogP contribution >= 0.6 is 0 Å². The molecular formula is C14H19FN2O2S. The van der Waals surface area contributed by atoms with Gasteiger partial charge in [-0.05, 0) is 24.6 Å². The highest BCUT2D eigenvalue weighted by molar-refractivity contribution is 7.89. The predicted octanol–water partition coefficient (Wildman–Crippen LogP) is 1.56. The first-order valence-electron chi connectivity index (χ1n) is 6.38. The van der Waals surface area contributed by atoms with Gasteiger partial charge >= 0.3 is 0 Å². The average Bonchev–Trinajstić information content (AvgIpc) is 2.43. The fourth-order valence-electron chi connectivity index (χ4n) is 1.58. The van der Waals surface area contributed by atoms with Crippen LogP contribution in [0.5, 0.6) is 0 Å². The van der Waals surface area contributed by atoms with E-state index in [1.807, 2.05) is 6.92 Å². The summed E-state index contributed by atoms with van der Waals surface area (Å²) < 4.78 is 39.5. The van der Waals surface area contributed by atoms with Crippen molar-refractivity contribution in [2.24, 2.45) is 5.73 Å². The van der Waals surface area contributed by atoms with Gasteiger partial charge in [0.25, 0.3) is 0 Å². The van der Waals surface area contributed by atoms with Crippen LogP contribution in [0.15, 0.2) is 23.1 Å². The van der Waals surface area contributed by atoms with Gasteiger partial charge < -0.3 is 5.73 Å². The van der Waals surface area contributed by atoms with E-state index in [0.29, 0.717) is 6.54 Å². The van der Waals surface area contributed by atoms with Crippen LogP contribution < -0.4 is 5.73 Å². The normalized spacial score (nSPS) is 11.2. The summed E-state index contributed by atoms with van der Waals surface area (Å²) in [5, 5.41) is 0. The number of halogens is 1. The van der Waals surface area contributed by atoms with Gasteiger partial charge in [0.15, 0.2) is 0 Å². The zero-order chi connectivity index (χ0) is 15.2. The van der Waals surface area contributed by atoms with Crippen LogP contribution in [0, 0.1) is 17.7 Å². The van der Waals surface area contributed by atoms with E-state index >= 15 is 0 Å². The van der Waals surface area contributed by atoms with Crippen molar-refractivity contribution in [3.63, 3.8) is 0 Å². The molecule has 0 aromatic heterocycles. The lowest BCUT2D eigenvalue weighted by Crippen LogP contribution is -2.28. The van der Waals surface area contributed by atoms with Crippen molar-refractivity contribution in [2.75, 3.05) is 20.1 Å². The van der Waals surface area contributed by atoms with Crippen molar-refractivity contribution in [1.82, 2.24) is 4.31 Å². The quantitative estimate of drug-likeness (QED) is 0.839. The Morgan fingerprint density at radius 1 is 1.40 bits per heavy atom. The zero-order valence-corrected chi connectivity index (χ0v) is 12.5. The van der Waals surface area contributed by atoms with Crippen molar-refractivity contribution in [3.8, 4) is 11.8 Å². The zero-order valence-electron chi connectivity index (χ0n) is 11.7. The highest BCUT2D eigenvalue weighted by Crippen LogP contribution is 2.18. The molecule has 0 aliphatic carbocycles. The van der Waals surface area contributed by atoms with Gasteiger partial charge in [-0.1, -0.05) is 25.2 Å². The Morgan fingerprint density at radius 2 is 2.10 bits per heavy atom. The molecule has 0 saturated heterocycles. The summed E-state index contributed by atoms with van der Waals surface area (Å²) in [6.07, 6.45) is 1.65. The number of unbranched alkanes of at least 4 members (excludes halogenated alkanes) is 1. The van der Waals surface area contributed by atoms with Gasteiger partial charge in [0.2, 0.25) is 10.0 Å². The SMILES string of the molecule is CCCCN(C)S(=O)(=O)c1ccc(C#CCN)c(F)c1. The second kappa shape index (κ2) is 7.39. The van der Waals surface area contributed by atoms with Crippen molar-refractivity contribution in [2.45, 2.75) is 24.7 Å². The summed E-state index contributed by atoms with van der Waals surface area (Å²) >= 11 is 0. The Hall–Kier alpha value is -1.42. The van der Waals surface area contributed by atoms with Gasteiger partial charge in [0.1, 0.15) is 5.82 Å². The van der Waals surface area contributed by atoms with Crippen molar-refractivity contribution in [3.05, 3.63) is 29.6 Å². The third-order valence-corrected chi connectivity index (χ3v) is 4.65. The molecule has 0 heterocycles. The van der Waals surface area contributed by atoms with Gasteiger partial charge in [0.05, 0.1) is 17.0 Å². The molecule has 1 aromatic carbocycles. The molecule has 0 saturated carbocycles. The molecular weight excluding hydrogens is 279 g/mol. The fourth-order valence-corrected chi connectivity index (χ4v) is 2.81. The Balaban J connectivity index is 3.05. The standard InChI is InChI=1S/C14H19FN2O2S/c1-3-4-10-17(2)20(18,19)13-8-7-12(6-5-9-16)14(15)11-13/h7-8,11H,3-4,9-10,16H2,1-2H3. The van der Waals surface area contributed by atoms with Gasteiger partial charge in [0, 0.05) is 13.6 Å². The molecule has 6 heteroatoms. The molecule has 110 valence electrons. The van der Waals surface area contributed by atoms with Crippen LogP contribution in [0.25, 0.3) is 0 Å². The van der Waals surface area contributed by atoms with E-state index in [1.54, 1.807) is 0 Å². The third-order valence-electron chi connectivity index (χ3n) is 2.80. The number of sulfonamides is 1. The van der Waals surface area contributed by atoms with E-state index in [-0.39, 0.29) is 17.0 Å².